The molecule has 1 heterocycles. The number of carbonyl (C=O) groups is 3. The van der Waals surface area contributed by atoms with Gasteiger partial charge in [-0.3, -0.25) is 19.7 Å². The van der Waals surface area contributed by atoms with E-state index in [2.05, 4.69) is 29.8 Å². The van der Waals surface area contributed by atoms with Crippen molar-refractivity contribution in [2.75, 3.05) is 6.54 Å². The van der Waals surface area contributed by atoms with E-state index >= 15 is 0 Å². The zero-order valence-electron chi connectivity index (χ0n) is 15.7. The van der Waals surface area contributed by atoms with Gasteiger partial charge in [0.1, 0.15) is 18.1 Å². The summed E-state index contributed by atoms with van der Waals surface area (Å²) in [6.07, 6.45) is 1.39. The van der Waals surface area contributed by atoms with Crippen LogP contribution in [-0.2, 0) is 14.4 Å². The van der Waals surface area contributed by atoms with Crippen LogP contribution < -0.4 is 45.5 Å². The number of hydrogen-bond acceptors (Lipinski definition) is 4. The third-order valence-electron chi connectivity index (χ3n) is 3.49. The first-order valence-corrected chi connectivity index (χ1v) is 7.79. The van der Waals surface area contributed by atoms with Crippen LogP contribution in [0.1, 0.15) is 42.0 Å². The molecule has 0 aliphatic carbocycles. The minimum absolute atomic E-state index is 0. The van der Waals surface area contributed by atoms with Gasteiger partial charge in [0.05, 0.1) is 0 Å². The van der Waals surface area contributed by atoms with Gasteiger partial charge >= 0.3 is 35.5 Å². The first-order valence-electron chi connectivity index (χ1n) is 7.79. The van der Waals surface area contributed by atoms with Crippen LogP contribution in [0.3, 0.4) is 0 Å². The molecule has 23 heavy (non-hydrogen) atoms. The van der Waals surface area contributed by atoms with Gasteiger partial charge in [-0.15, -0.1) is 0 Å². The zero-order valence-corrected chi connectivity index (χ0v) is 16.7. The predicted molar refractivity (Wildman–Crippen MR) is 83.3 cm³/mol. The van der Waals surface area contributed by atoms with Gasteiger partial charge in [-0.1, -0.05) is 27.7 Å². The fraction of sp³-hybridized carbons (Fsp3) is 0.800. The number of carboxylic acids is 1. The Bertz CT molecular complexity index is 435. The maximum atomic E-state index is 12.2. The van der Waals surface area contributed by atoms with Crippen LogP contribution in [0.4, 0.5) is 0 Å². The molecule has 1 aliphatic heterocycles. The van der Waals surface area contributed by atoms with Gasteiger partial charge in [0.2, 0.25) is 11.8 Å². The first kappa shape index (κ1) is 22.4. The molecule has 0 aromatic rings. The molecular formula is C15H28N3NaO4. The van der Waals surface area contributed by atoms with E-state index in [1.165, 1.54) is 0 Å². The first-order chi connectivity index (χ1) is 10.2. The van der Waals surface area contributed by atoms with E-state index in [0.717, 1.165) is 6.42 Å². The minimum Gasteiger partial charge on any atom is -1.00 e. The monoisotopic (exact) mass is 337 g/mol. The molecule has 3 atom stereocenters. The second-order valence-electron chi connectivity index (χ2n) is 6.62. The normalized spacial score (nSPS) is 20.6. The zero-order chi connectivity index (χ0) is 16.9. The molecule has 0 spiro atoms. The summed E-state index contributed by atoms with van der Waals surface area (Å²) >= 11 is 0. The molecule has 0 aromatic heterocycles. The van der Waals surface area contributed by atoms with E-state index in [4.69, 9.17) is 5.11 Å². The topological polar surface area (TPSA) is 117 Å². The van der Waals surface area contributed by atoms with E-state index in [1.807, 2.05) is 13.8 Å². The minimum atomic E-state index is -1.05. The molecule has 0 radical (unpaired) electrons. The molecular weight excluding hydrogens is 309 g/mol. The molecule has 0 saturated carbocycles. The fourth-order valence-corrected chi connectivity index (χ4v) is 2.15. The van der Waals surface area contributed by atoms with Crippen LogP contribution in [0.5, 0.6) is 0 Å². The second kappa shape index (κ2) is 10.3. The molecule has 4 N–H and O–H groups in total. The van der Waals surface area contributed by atoms with Gasteiger partial charge in [0, 0.05) is 6.54 Å². The van der Waals surface area contributed by atoms with Crippen molar-refractivity contribution in [3.8, 4) is 0 Å². The van der Waals surface area contributed by atoms with E-state index in [1.54, 1.807) is 0 Å². The summed E-state index contributed by atoms with van der Waals surface area (Å²) in [4.78, 5) is 34.9. The van der Waals surface area contributed by atoms with Crippen molar-refractivity contribution in [1.82, 2.24) is 16.0 Å². The van der Waals surface area contributed by atoms with Gasteiger partial charge in [-0.05, 0) is 24.7 Å². The summed E-state index contributed by atoms with van der Waals surface area (Å²) in [6.45, 7) is 8.65. The molecule has 1 saturated heterocycles. The quantitative estimate of drug-likeness (QED) is 0.268. The van der Waals surface area contributed by atoms with E-state index in [9.17, 15) is 14.4 Å². The van der Waals surface area contributed by atoms with Crippen molar-refractivity contribution >= 4 is 17.8 Å². The molecule has 7 nitrogen and oxygen atoms in total. The number of rotatable bonds is 9. The van der Waals surface area contributed by atoms with Gasteiger partial charge < -0.3 is 17.2 Å². The Morgan fingerprint density at radius 3 is 2.17 bits per heavy atom. The Balaban J connectivity index is 0. The maximum Gasteiger partial charge on any atom is 1.00 e. The molecule has 1 aliphatic rings. The number of carboxylic acid groups (broad SMARTS) is 1. The number of nitrogens with one attached hydrogen (secondary N) is 3. The van der Waals surface area contributed by atoms with Crippen LogP contribution in [0.2, 0.25) is 0 Å². The van der Waals surface area contributed by atoms with Crippen molar-refractivity contribution in [2.24, 2.45) is 11.8 Å². The van der Waals surface area contributed by atoms with Crippen LogP contribution in [0, 0.1) is 11.8 Å². The molecule has 0 aromatic carbocycles. The number of amides is 2. The Morgan fingerprint density at radius 2 is 1.74 bits per heavy atom. The summed E-state index contributed by atoms with van der Waals surface area (Å²) < 4.78 is 0. The van der Waals surface area contributed by atoms with Crippen molar-refractivity contribution in [1.29, 1.82) is 0 Å². The van der Waals surface area contributed by atoms with E-state index in [-0.39, 0.29) is 42.8 Å². The fourth-order valence-electron chi connectivity index (χ4n) is 2.15. The Morgan fingerprint density at radius 1 is 1.13 bits per heavy atom. The Hall–Kier alpha value is -0.630. The second-order valence-corrected chi connectivity index (χ2v) is 6.62. The molecule has 8 heteroatoms. The smallest absolute Gasteiger partial charge is 1.00 e. The van der Waals surface area contributed by atoms with Gasteiger partial charge in [-0.2, -0.15) is 0 Å². The average molecular weight is 337 g/mol. The predicted octanol–water partition coefficient (Wildman–Crippen LogP) is -2.78. The van der Waals surface area contributed by atoms with Crippen molar-refractivity contribution in [2.45, 2.75) is 58.7 Å². The van der Waals surface area contributed by atoms with Crippen LogP contribution in [0.15, 0.2) is 0 Å². The standard InChI is InChI=1S/C15H27N3O4.Na.H/c1-8(2)5-6-16-13(19)10(7-9(3)4)17-14(20)11-12(18-11)15(21)22;;/h8-12,18H,5-7H2,1-4H3,(H,16,19)(H,17,20)(H,21,22);;/q;+1;-1/t10-,11-,12-;;/m0../s1. The van der Waals surface area contributed by atoms with Gasteiger partial charge in [-0.25, -0.2) is 0 Å². The van der Waals surface area contributed by atoms with Crippen LogP contribution >= 0.6 is 0 Å². The van der Waals surface area contributed by atoms with Gasteiger partial charge in [0.25, 0.3) is 0 Å². The molecule has 128 valence electrons. The summed E-state index contributed by atoms with van der Waals surface area (Å²) in [5.41, 5.74) is 0. The van der Waals surface area contributed by atoms with E-state index in [0.29, 0.717) is 18.9 Å². The SMILES string of the molecule is CC(C)CCNC(=O)[C@H](CC(C)C)NC(=O)[C@H]1N[C@@H]1C(=O)O.[H-].[Na+]. The van der Waals surface area contributed by atoms with Crippen molar-refractivity contribution in [3.63, 3.8) is 0 Å². The number of aliphatic carboxylic acids is 1. The van der Waals surface area contributed by atoms with E-state index < -0.39 is 30.0 Å². The molecule has 2 amide bonds. The summed E-state index contributed by atoms with van der Waals surface area (Å²) in [5.74, 6) is -0.969. The third kappa shape index (κ3) is 8.15. The Kier molecular flexibility index (Phi) is 10.00. The average Bonchev–Trinajstić information content (AvgIpc) is 3.16. The largest absolute Gasteiger partial charge is 1.00 e. The molecule has 1 fully saturated rings. The third-order valence-corrected chi connectivity index (χ3v) is 3.49. The van der Waals surface area contributed by atoms with Crippen LogP contribution in [0.25, 0.3) is 0 Å². The molecule has 1 rings (SSSR count). The van der Waals surface area contributed by atoms with Crippen LogP contribution in [-0.4, -0.2) is 47.6 Å². The molecule has 0 bridgehead atoms. The molecule has 0 unspecified atom stereocenters. The number of carbonyl (C=O) groups excluding carboxylic acids is 2. The maximum absolute atomic E-state index is 12.2. The van der Waals surface area contributed by atoms with Crippen molar-refractivity contribution in [3.05, 3.63) is 0 Å². The Labute approximate surface area is 161 Å². The summed E-state index contributed by atoms with van der Waals surface area (Å²) in [7, 11) is 0. The van der Waals surface area contributed by atoms with Crippen molar-refractivity contribution < 1.29 is 50.5 Å². The van der Waals surface area contributed by atoms with Gasteiger partial charge in [0.15, 0.2) is 0 Å². The summed E-state index contributed by atoms with van der Waals surface area (Å²) in [5, 5.41) is 16.9. The number of hydrogen-bond donors (Lipinski definition) is 4. The summed E-state index contributed by atoms with van der Waals surface area (Å²) in [6, 6.07) is -2.21.